The molecule has 0 aromatic heterocycles. The average molecular weight is 344 g/mol. The Kier molecular flexibility index (Phi) is 7.33. The number of benzene rings is 2. The summed E-state index contributed by atoms with van der Waals surface area (Å²) in [6, 6.07) is 17.9. The van der Waals surface area contributed by atoms with Gasteiger partial charge in [-0.3, -0.25) is 0 Å². The molecular weight excluding hydrogens is 314 g/mol. The summed E-state index contributed by atoms with van der Waals surface area (Å²) < 4.78 is 0. The van der Waals surface area contributed by atoms with Crippen molar-refractivity contribution >= 4 is 11.6 Å². The Labute approximate surface area is 152 Å². The smallest absolute Gasteiger partial charge is 0.0474 e. The second-order valence-corrected chi connectivity index (χ2v) is 7.50. The van der Waals surface area contributed by atoms with Crippen LogP contribution in [-0.4, -0.2) is 19.0 Å². The topological polar surface area (TPSA) is 3.24 Å². The molecule has 2 unspecified atom stereocenters. The van der Waals surface area contributed by atoms with Crippen molar-refractivity contribution in [2.24, 2.45) is 0 Å². The maximum absolute atomic E-state index is 5.87. The van der Waals surface area contributed by atoms with E-state index in [1.807, 2.05) is 0 Å². The normalized spacial score (nSPS) is 13.9. The van der Waals surface area contributed by atoms with Gasteiger partial charge in [0.05, 0.1) is 0 Å². The third kappa shape index (κ3) is 5.65. The largest absolute Gasteiger partial charge is 0.305 e. The van der Waals surface area contributed by atoms with E-state index in [-0.39, 0.29) is 0 Å². The van der Waals surface area contributed by atoms with Crippen LogP contribution in [0.25, 0.3) is 0 Å². The van der Waals surface area contributed by atoms with Crippen molar-refractivity contribution in [2.45, 2.75) is 50.9 Å². The van der Waals surface area contributed by atoms with Gasteiger partial charge in [0.15, 0.2) is 0 Å². The molecule has 1 nitrogen and oxygen atoms in total. The summed E-state index contributed by atoms with van der Waals surface area (Å²) in [4.78, 5) is 2.20. The van der Waals surface area contributed by atoms with Crippen molar-refractivity contribution in [1.82, 2.24) is 4.90 Å². The Balaban J connectivity index is 1.88. The van der Waals surface area contributed by atoms with Crippen molar-refractivity contribution in [1.29, 1.82) is 0 Å². The summed E-state index contributed by atoms with van der Waals surface area (Å²) in [5, 5.41) is 0. The minimum absolute atomic E-state index is 0.588. The molecule has 0 amide bonds. The average Bonchev–Trinajstić information content (AvgIpc) is 2.59. The maximum Gasteiger partial charge on any atom is 0.0474 e. The molecule has 0 heterocycles. The van der Waals surface area contributed by atoms with Crippen LogP contribution >= 0.6 is 11.6 Å². The highest BCUT2D eigenvalue weighted by Gasteiger charge is 2.10. The number of nitrogens with zero attached hydrogens (tertiary/aromatic N) is 1. The Bertz CT molecular complexity index is 601. The molecule has 0 fully saturated rings. The SMILES string of the molecule is CC(CCC(C)c1ccc(CN(C)C)cc1)c1ccc(CCl)cc1. The molecule has 0 bridgehead atoms. The van der Waals surface area contributed by atoms with Crippen molar-refractivity contribution in [3.63, 3.8) is 0 Å². The van der Waals surface area contributed by atoms with E-state index in [0.29, 0.717) is 17.7 Å². The van der Waals surface area contributed by atoms with Crippen LogP contribution in [0, 0.1) is 0 Å². The molecule has 2 aromatic carbocycles. The van der Waals surface area contributed by atoms with E-state index in [0.717, 1.165) is 6.54 Å². The first-order valence-corrected chi connectivity index (χ1v) is 9.41. The van der Waals surface area contributed by atoms with Crippen LogP contribution < -0.4 is 0 Å². The number of hydrogen-bond acceptors (Lipinski definition) is 1. The lowest BCUT2D eigenvalue weighted by atomic mass is 9.89. The van der Waals surface area contributed by atoms with Crippen LogP contribution in [0.5, 0.6) is 0 Å². The van der Waals surface area contributed by atoms with E-state index in [1.54, 1.807) is 0 Å². The number of rotatable bonds is 8. The van der Waals surface area contributed by atoms with Gasteiger partial charge in [-0.25, -0.2) is 0 Å². The van der Waals surface area contributed by atoms with Crippen LogP contribution in [0.2, 0.25) is 0 Å². The van der Waals surface area contributed by atoms with Crippen molar-refractivity contribution in [2.75, 3.05) is 14.1 Å². The van der Waals surface area contributed by atoms with Gasteiger partial charge in [0.25, 0.3) is 0 Å². The highest BCUT2D eigenvalue weighted by Crippen LogP contribution is 2.28. The maximum atomic E-state index is 5.87. The molecule has 2 heteroatoms. The third-order valence-corrected chi connectivity index (χ3v) is 5.09. The molecule has 0 N–H and O–H groups in total. The van der Waals surface area contributed by atoms with Gasteiger partial charge in [-0.1, -0.05) is 62.4 Å². The van der Waals surface area contributed by atoms with Gasteiger partial charge < -0.3 is 4.90 Å². The monoisotopic (exact) mass is 343 g/mol. The van der Waals surface area contributed by atoms with Crippen LogP contribution in [-0.2, 0) is 12.4 Å². The minimum atomic E-state index is 0.588. The summed E-state index contributed by atoms with van der Waals surface area (Å²) in [6.45, 7) is 5.66. The predicted molar refractivity (Wildman–Crippen MR) is 106 cm³/mol. The fraction of sp³-hybridized carbons (Fsp3) is 0.455. The quantitative estimate of drug-likeness (QED) is 0.518. The summed E-state index contributed by atoms with van der Waals surface area (Å²) in [6.07, 6.45) is 2.42. The molecule has 0 spiro atoms. The molecule has 2 rings (SSSR count). The van der Waals surface area contributed by atoms with E-state index in [4.69, 9.17) is 11.6 Å². The molecule has 24 heavy (non-hydrogen) atoms. The standard InChI is InChI=1S/C22H30ClN/c1-17(21-11-7-19(15-23)8-12-21)5-6-18(2)22-13-9-20(10-14-22)16-24(3)4/h7-14,17-18H,5-6,15-16H2,1-4H3. The van der Waals surface area contributed by atoms with E-state index in [2.05, 4.69) is 81.4 Å². The minimum Gasteiger partial charge on any atom is -0.305 e. The summed E-state index contributed by atoms with van der Waals surface area (Å²) in [5.41, 5.74) is 5.43. The Morgan fingerprint density at radius 1 is 0.750 bits per heavy atom. The van der Waals surface area contributed by atoms with Gasteiger partial charge in [0.2, 0.25) is 0 Å². The summed E-state index contributed by atoms with van der Waals surface area (Å²) in [7, 11) is 4.22. The second kappa shape index (κ2) is 9.25. The fourth-order valence-corrected chi connectivity index (χ4v) is 3.26. The van der Waals surface area contributed by atoms with Crippen LogP contribution in [0.4, 0.5) is 0 Å². The van der Waals surface area contributed by atoms with Crippen molar-refractivity contribution in [3.8, 4) is 0 Å². The molecule has 0 aliphatic heterocycles. The number of halogens is 1. The highest BCUT2D eigenvalue weighted by molar-refractivity contribution is 6.17. The lowest BCUT2D eigenvalue weighted by molar-refractivity contribution is 0.402. The van der Waals surface area contributed by atoms with E-state index in [1.165, 1.54) is 35.1 Å². The molecule has 0 saturated heterocycles. The molecule has 130 valence electrons. The zero-order chi connectivity index (χ0) is 17.5. The first-order valence-electron chi connectivity index (χ1n) is 8.88. The summed E-state index contributed by atoms with van der Waals surface area (Å²) in [5.74, 6) is 1.78. The van der Waals surface area contributed by atoms with Gasteiger partial charge in [-0.05, 0) is 61.0 Å². The third-order valence-electron chi connectivity index (χ3n) is 4.78. The molecule has 0 radical (unpaired) electrons. The van der Waals surface area contributed by atoms with Crippen LogP contribution in [0.3, 0.4) is 0 Å². The molecular formula is C22H30ClN. The Morgan fingerprint density at radius 2 is 1.17 bits per heavy atom. The second-order valence-electron chi connectivity index (χ2n) is 7.23. The lowest BCUT2D eigenvalue weighted by Gasteiger charge is -2.17. The van der Waals surface area contributed by atoms with E-state index in [9.17, 15) is 0 Å². The molecule has 2 atom stereocenters. The van der Waals surface area contributed by atoms with Gasteiger partial charge >= 0.3 is 0 Å². The zero-order valence-electron chi connectivity index (χ0n) is 15.4. The van der Waals surface area contributed by atoms with E-state index >= 15 is 0 Å². The van der Waals surface area contributed by atoms with Gasteiger partial charge in [-0.15, -0.1) is 11.6 Å². The molecule has 0 aliphatic rings. The van der Waals surface area contributed by atoms with Gasteiger partial charge in [0.1, 0.15) is 0 Å². The molecule has 0 saturated carbocycles. The van der Waals surface area contributed by atoms with Crippen LogP contribution in [0.1, 0.15) is 60.8 Å². The summed E-state index contributed by atoms with van der Waals surface area (Å²) >= 11 is 5.87. The first-order chi connectivity index (χ1) is 11.5. The predicted octanol–water partition coefficient (Wildman–Crippen LogP) is 6.17. The molecule has 2 aromatic rings. The Morgan fingerprint density at radius 3 is 1.54 bits per heavy atom. The highest BCUT2D eigenvalue weighted by atomic mass is 35.5. The molecule has 0 aliphatic carbocycles. The van der Waals surface area contributed by atoms with Gasteiger partial charge in [0, 0.05) is 12.4 Å². The van der Waals surface area contributed by atoms with Crippen molar-refractivity contribution < 1.29 is 0 Å². The van der Waals surface area contributed by atoms with Crippen molar-refractivity contribution in [3.05, 3.63) is 70.8 Å². The lowest BCUT2D eigenvalue weighted by Crippen LogP contribution is -2.10. The number of alkyl halides is 1. The Hall–Kier alpha value is -1.31. The first kappa shape index (κ1) is 19.0. The van der Waals surface area contributed by atoms with Crippen LogP contribution in [0.15, 0.2) is 48.5 Å². The fourth-order valence-electron chi connectivity index (χ4n) is 3.09. The number of hydrogen-bond donors (Lipinski definition) is 0. The van der Waals surface area contributed by atoms with Gasteiger partial charge in [-0.2, -0.15) is 0 Å². The zero-order valence-corrected chi connectivity index (χ0v) is 16.2. The van der Waals surface area contributed by atoms with E-state index < -0.39 is 0 Å².